The third-order valence-corrected chi connectivity index (χ3v) is 2.91. The van der Waals surface area contributed by atoms with Crippen LogP contribution in [0, 0.1) is 0 Å². The molecule has 6 heteroatoms. The zero-order valence-electron chi connectivity index (χ0n) is 11.6. The van der Waals surface area contributed by atoms with E-state index in [0.717, 1.165) is 11.1 Å². The highest BCUT2D eigenvalue weighted by atomic mass is 16.3. The summed E-state index contributed by atoms with van der Waals surface area (Å²) < 4.78 is 0. The van der Waals surface area contributed by atoms with Crippen molar-refractivity contribution >= 4 is 11.8 Å². The van der Waals surface area contributed by atoms with Crippen molar-refractivity contribution in [3.63, 3.8) is 0 Å². The minimum absolute atomic E-state index is 0.158. The van der Waals surface area contributed by atoms with E-state index in [9.17, 15) is 9.59 Å². The molecule has 0 aliphatic carbocycles. The van der Waals surface area contributed by atoms with E-state index in [1.807, 2.05) is 24.3 Å². The third kappa shape index (κ3) is 4.64. The lowest BCUT2D eigenvalue weighted by molar-refractivity contribution is -0.146. The molecule has 0 saturated heterocycles. The Kier molecular flexibility index (Phi) is 6.69. The first-order valence-electron chi connectivity index (χ1n) is 6.58. The van der Waals surface area contributed by atoms with E-state index in [-0.39, 0.29) is 19.7 Å². The lowest BCUT2D eigenvalue weighted by Gasteiger charge is -2.18. The Morgan fingerprint density at radius 2 is 2.05 bits per heavy atom. The first kappa shape index (κ1) is 16.1. The van der Waals surface area contributed by atoms with E-state index in [1.54, 1.807) is 6.92 Å². The van der Waals surface area contributed by atoms with Gasteiger partial charge in [-0.05, 0) is 18.1 Å². The van der Waals surface area contributed by atoms with Crippen molar-refractivity contribution in [3.8, 4) is 0 Å². The number of carbonyl (C=O) groups is 2. The van der Waals surface area contributed by atoms with Gasteiger partial charge < -0.3 is 21.1 Å². The monoisotopic (exact) mass is 279 g/mol. The summed E-state index contributed by atoms with van der Waals surface area (Å²) in [5.41, 5.74) is 7.40. The average Bonchev–Trinajstić information content (AvgIpc) is 2.49. The van der Waals surface area contributed by atoms with Crippen LogP contribution in [0.3, 0.4) is 0 Å². The molecule has 0 aromatic heterocycles. The molecule has 4 N–H and O–H groups in total. The van der Waals surface area contributed by atoms with Gasteiger partial charge in [0.1, 0.15) is 0 Å². The van der Waals surface area contributed by atoms with Crippen molar-refractivity contribution in [2.24, 2.45) is 5.73 Å². The molecular weight excluding hydrogens is 258 g/mol. The molecule has 20 heavy (non-hydrogen) atoms. The van der Waals surface area contributed by atoms with Gasteiger partial charge in [-0.1, -0.05) is 24.3 Å². The summed E-state index contributed by atoms with van der Waals surface area (Å²) in [4.78, 5) is 24.8. The summed E-state index contributed by atoms with van der Waals surface area (Å²) in [6, 6.07) is 7.50. The molecule has 0 fully saturated rings. The quantitative estimate of drug-likeness (QED) is 0.618. The number of rotatable bonds is 6. The summed E-state index contributed by atoms with van der Waals surface area (Å²) in [5, 5.41) is 11.4. The van der Waals surface area contributed by atoms with Crippen molar-refractivity contribution in [2.75, 3.05) is 19.7 Å². The molecule has 0 radical (unpaired) electrons. The highest BCUT2D eigenvalue weighted by molar-refractivity contribution is 6.34. The molecule has 0 unspecified atom stereocenters. The van der Waals surface area contributed by atoms with Crippen LogP contribution in [0.4, 0.5) is 0 Å². The Labute approximate surface area is 118 Å². The summed E-state index contributed by atoms with van der Waals surface area (Å²) in [6.45, 7) is 2.84. The molecular formula is C14H21N3O3. The number of aliphatic hydroxyl groups is 1. The number of nitrogens with one attached hydrogen (secondary N) is 1. The van der Waals surface area contributed by atoms with Gasteiger partial charge in [0.15, 0.2) is 0 Å². The zero-order chi connectivity index (χ0) is 15.0. The standard InChI is InChI=1S/C14H21N3O3/c1-2-17(6-7-18)14(20)13(19)16-10-12-5-3-4-11(8-12)9-15/h3-5,8,18H,2,6-7,9-10,15H2,1H3,(H,16,19). The summed E-state index contributed by atoms with van der Waals surface area (Å²) >= 11 is 0. The minimum Gasteiger partial charge on any atom is -0.395 e. The van der Waals surface area contributed by atoms with E-state index in [4.69, 9.17) is 10.8 Å². The molecule has 0 aliphatic heterocycles. The number of nitrogens with two attached hydrogens (primary N) is 1. The number of aliphatic hydroxyl groups excluding tert-OH is 1. The Bertz CT molecular complexity index is 463. The zero-order valence-corrected chi connectivity index (χ0v) is 11.6. The molecule has 2 amide bonds. The van der Waals surface area contributed by atoms with Crippen LogP contribution < -0.4 is 11.1 Å². The van der Waals surface area contributed by atoms with Gasteiger partial charge in [-0.25, -0.2) is 0 Å². The average molecular weight is 279 g/mol. The summed E-state index contributed by atoms with van der Waals surface area (Å²) in [7, 11) is 0. The molecule has 0 aliphatic rings. The van der Waals surface area contributed by atoms with Crippen molar-refractivity contribution in [1.82, 2.24) is 10.2 Å². The van der Waals surface area contributed by atoms with Crippen LogP contribution in [0.5, 0.6) is 0 Å². The highest BCUT2D eigenvalue weighted by Gasteiger charge is 2.19. The smallest absolute Gasteiger partial charge is 0.311 e. The van der Waals surface area contributed by atoms with Crippen LogP contribution >= 0.6 is 0 Å². The Balaban J connectivity index is 2.55. The molecule has 6 nitrogen and oxygen atoms in total. The number of hydrogen-bond acceptors (Lipinski definition) is 4. The fraction of sp³-hybridized carbons (Fsp3) is 0.429. The van der Waals surface area contributed by atoms with Crippen LogP contribution in [0.25, 0.3) is 0 Å². The molecule has 1 aromatic rings. The van der Waals surface area contributed by atoms with Gasteiger partial charge in [0.25, 0.3) is 0 Å². The summed E-state index contributed by atoms with van der Waals surface area (Å²) in [5.74, 6) is -1.30. The van der Waals surface area contributed by atoms with Crippen LogP contribution in [0.15, 0.2) is 24.3 Å². The maximum atomic E-state index is 11.8. The Hall–Kier alpha value is -1.92. The van der Waals surface area contributed by atoms with E-state index >= 15 is 0 Å². The molecule has 1 aromatic carbocycles. The lowest BCUT2D eigenvalue weighted by atomic mass is 10.1. The van der Waals surface area contributed by atoms with Crippen molar-refractivity contribution in [2.45, 2.75) is 20.0 Å². The molecule has 0 spiro atoms. The van der Waals surface area contributed by atoms with Gasteiger partial charge in [-0.3, -0.25) is 9.59 Å². The Morgan fingerprint density at radius 3 is 2.65 bits per heavy atom. The normalized spacial score (nSPS) is 10.2. The minimum atomic E-state index is -0.668. The fourth-order valence-electron chi connectivity index (χ4n) is 1.79. The Morgan fingerprint density at radius 1 is 1.35 bits per heavy atom. The van der Waals surface area contributed by atoms with Crippen LogP contribution in [0.1, 0.15) is 18.1 Å². The topological polar surface area (TPSA) is 95.7 Å². The molecule has 0 atom stereocenters. The summed E-state index contributed by atoms with van der Waals surface area (Å²) in [6.07, 6.45) is 0. The SMILES string of the molecule is CCN(CCO)C(=O)C(=O)NCc1cccc(CN)c1. The third-order valence-electron chi connectivity index (χ3n) is 2.91. The number of likely N-dealkylation sites (N-methyl/N-ethyl adjacent to an activating group) is 1. The second-order valence-corrected chi connectivity index (χ2v) is 4.32. The van der Waals surface area contributed by atoms with Gasteiger partial charge in [-0.15, -0.1) is 0 Å². The number of carbonyl (C=O) groups excluding carboxylic acids is 2. The van der Waals surface area contributed by atoms with Gasteiger partial charge in [0.2, 0.25) is 0 Å². The molecule has 1 rings (SSSR count). The van der Waals surface area contributed by atoms with E-state index in [1.165, 1.54) is 4.90 Å². The van der Waals surface area contributed by atoms with E-state index in [0.29, 0.717) is 13.1 Å². The first-order chi connectivity index (χ1) is 9.62. The second-order valence-electron chi connectivity index (χ2n) is 4.32. The fourth-order valence-corrected chi connectivity index (χ4v) is 1.79. The first-order valence-corrected chi connectivity index (χ1v) is 6.58. The predicted octanol–water partition coefficient (Wildman–Crippen LogP) is -0.398. The second kappa shape index (κ2) is 8.29. The van der Waals surface area contributed by atoms with Crippen LogP contribution in [0.2, 0.25) is 0 Å². The molecule has 0 heterocycles. The number of nitrogens with zero attached hydrogens (tertiary/aromatic N) is 1. The number of benzene rings is 1. The maximum Gasteiger partial charge on any atom is 0.311 e. The van der Waals surface area contributed by atoms with Crippen molar-refractivity contribution in [3.05, 3.63) is 35.4 Å². The molecule has 0 saturated carbocycles. The molecule has 0 bridgehead atoms. The molecule has 110 valence electrons. The van der Waals surface area contributed by atoms with Crippen LogP contribution in [-0.2, 0) is 22.7 Å². The van der Waals surface area contributed by atoms with E-state index < -0.39 is 11.8 Å². The van der Waals surface area contributed by atoms with Crippen LogP contribution in [-0.4, -0.2) is 41.5 Å². The largest absolute Gasteiger partial charge is 0.395 e. The number of amides is 2. The number of hydrogen-bond donors (Lipinski definition) is 3. The van der Waals surface area contributed by atoms with Crippen molar-refractivity contribution in [1.29, 1.82) is 0 Å². The lowest BCUT2D eigenvalue weighted by Crippen LogP contribution is -2.43. The van der Waals surface area contributed by atoms with Gasteiger partial charge in [0, 0.05) is 26.2 Å². The van der Waals surface area contributed by atoms with Gasteiger partial charge in [0.05, 0.1) is 6.61 Å². The predicted molar refractivity (Wildman–Crippen MR) is 75.5 cm³/mol. The van der Waals surface area contributed by atoms with E-state index in [2.05, 4.69) is 5.32 Å². The van der Waals surface area contributed by atoms with Crippen molar-refractivity contribution < 1.29 is 14.7 Å². The van der Waals surface area contributed by atoms with Gasteiger partial charge >= 0.3 is 11.8 Å². The van der Waals surface area contributed by atoms with Gasteiger partial charge in [-0.2, -0.15) is 0 Å². The maximum absolute atomic E-state index is 11.8. The highest BCUT2D eigenvalue weighted by Crippen LogP contribution is 2.04.